The summed E-state index contributed by atoms with van der Waals surface area (Å²) in [6.07, 6.45) is 1.01. The zero-order chi connectivity index (χ0) is 16.0. The molecule has 2 unspecified atom stereocenters. The van der Waals surface area contributed by atoms with Gasteiger partial charge in [0, 0.05) is 35.4 Å². The lowest BCUT2D eigenvalue weighted by atomic mass is 10.0. The zero-order valence-electron chi connectivity index (χ0n) is 14.6. The fraction of sp³-hybridized carbons (Fsp3) is 0.765. The standard InChI is InChI=1S/C17H33N3S/c1-7-15(18)17(16-9-8-14(4)21-16)20(12-13(2)3)11-10-19(5)6/h8-9,13,15,17H,7,10-12,18H2,1-6H3. The molecule has 0 aliphatic heterocycles. The molecule has 0 saturated carbocycles. The topological polar surface area (TPSA) is 32.5 Å². The van der Waals surface area contributed by atoms with Crippen LogP contribution in [0.15, 0.2) is 12.1 Å². The third-order valence-electron chi connectivity index (χ3n) is 3.76. The van der Waals surface area contributed by atoms with Crippen molar-refractivity contribution in [3.05, 3.63) is 21.9 Å². The summed E-state index contributed by atoms with van der Waals surface area (Å²) in [7, 11) is 4.27. The fourth-order valence-corrected chi connectivity index (χ4v) is 3.73. The van der Waals surface area contributed by atoms with Gasteiger partial charge in [-0.1, -0.05) is 20.8 Å². The lowest BCUT2D eigenvalue weighted by Crippen LogP contribution is -2.44. The molecule has 0 aromatic carbocycles. The van der Waals surface area contributed by atoms with E-state index in [1.54, 1.807) is 0 Å². The number of nitrogens with two attached hydrogens (primary N) is 1. The van der Waals surface area contributed by atoms with E-state index in [4.69, 9.17) is 5.73 Å². The summed E-state index contributed by atoms with van der Waals surface area (Å²) < 4.78 is 0. The first-order valence-electron chi connectivity index (χ1n) is 8.05. The summed E-state index contributed by atoms with van der Waals surface area (Å²) in [6, 6.07) is 5.03. The molecule has 122 valence electrons. The monoisotopic (exact) mass is 311 g/mol. The highest BCUT2D eigenvalue weighted by Gasteiger charge is 2.27. The Balaban J connectivity index is 2.98. The molecule has 0 spiro atoms. The molecule has 1 aromatic heterocycles. The largest absolute Gasteiger partial charge is 0.326 e. The molecule has 2 N–H and O–H groups in total. The predicted octanol–water partition coefficient (Wildman–Crippen LogP) is 3.35. The lowest BCUT2D eigenvalue weighted by Gasteiger charge is -2.36. The van der Waals surface area contributed by atoms with Gasteiger partial charge < -0.3 is 10.6 Å². The van der Waals surface area contributed by atoms with Crippen molar-refractivity contribution in [1.82, 2.24) is 9.80 Å². The van der Waals surface area contributed by atoms with Gasteiger partial charge in [-0.05, 0) is 45.5 Å². The van der Waals surface area contributed by atoms with Gasteiger partial charge in [0.05, 0.1) is 6.04 Å². The molecule has 4 heteroatoms. The van der Waals surface area contributed by atoms with E-state index in [2.05, 4.69) is 63.7 Å². The third kappa shape index (κ3) is 6.07. The van der Waals surface area contributed by atoms with Gasteiger partial charge in [0.1, 0.15) is 0 Å². The van der Waals surface area contributed by atoms with Crippen LogP contribution in [0.4, 0.5) is 0 Å². The summed E-state index contributed by atoms with van der Waals surface area (Å²) in [5, 5.41) is 0. The van der Waals surface area contributed by atoms with Crippen LogP contribution < -0.4 is 5.73 Å². The van der Waals surface area contributed by atoms with Crippen molar-refractivity contribution in [3.8, 4) is 0 Å². The van der Waals surface area contributed by atoms with Crippen LogP contribution in [-0.2, 0) is 0 Å². The Morgan fingerprint density at radius 1 is 1.19 bits per heavy atom. The summed E-state index contributed by atoms with van der Waals surface area (Å²) in [4.78, 5) is 7.63. The van der Waals surface area contributed by atoms with Crippen LogP contribution in [0, 0.1) is 12.8 Å². The van der Waals surface area contributed by atoms with E-state index >= 15 is 0 Å². The fourth-order valence-electron chi connectivity index (χ4n) is 2.64. The highest BCUT2D eigenvalue weighted by molar-refractivity contribution is 7.12. The van der Waals surface area contributed by atoms with E-state index < -0.39 is 0 Å². The summed E-state index contributed by atoms with van der Waals surface area (Å²) in [5.74, 6) is 0.653. The van der Waals surface area contributed by atoms with Gasteiger partial charge in [0.2, 0.25) is 0 Å². The van der Waals surface area contributed by atoms with Crippen LogP contribution in [0.3, 0.4) is 0 Å². The van der Waals surface area contributed by atoms with E-state index in [0.29, 0.717) is 12.0 Å². The smallest absolute Gasteiger partial charge is 0.0594 e. The first kappa shape index (κ1) is 18.6. The van der Waals surface area contributed by atoms with Crippen molar-refractivity contribution in [2.24, 2.45) is 11.7 Å². The van der Waals surface area contributed by atoms with Crippen molar-refractivity contribution in [2.45, 2.75) is 46.2 Å². The Morgan fingerprint density at radius 2 is 1.86 bits per heavy atom. The second-order valence-corrected chi connectivity index (χ2v) is 7.98. The normalized spacial score (nSPS) is 15.1. The van der Waals surface area contributed by atoms with Crippen LogP contribution in [0.5, 0.6) is 0 Å². The average molecular weight is 312 g/mol. The molecule has 3 nitrogen and oxygen atoms in total. The van der Waals surface area contributed by atoms with Crippen molar-refractivity contribution in [2.75, 3.05) is 33.7 Å². The minimum absolute atomic E-state index is 0.198. The maximum absolute atomic E-state index is 6.49. The quantitative estimate of drug-likeness (QED) is 0.759. The van der Waals surface area contributed by atoms with E-state index in [0.717, 1.165) is 26.1 Å². The second-order valence-electron chi connectivity index (χ2n) is 6.66. The molecule has 0 amide bonds. The van der Waals surface area contributed by atoms with E-state index in [1.165, 1.54) is 9.75 Å². The predicted molar refractivity (Wildman–Crippen MR) is 95.0 cm³/mol. The molecule has 0 bridgehead atoms. The molecule has 0 radical (unpaired) electrons. The number of likely N-dealkylation sites (N-methyl/N-ethyl adjacent to an activating group) is 1. The first-order chi connectivity index (χ1) is 9.85. The van der Waals surface area contributed by atoms with Gasteiger partial charge in [0.15, 0.2) is 0 Å². The van der Waals surface area contributed by atoms with Crippen molar-refractivity contribution < 1.29 is 0 Å². The molecule has 1 rings (SSSR count). The Morgan fingerprint density at radius 3 is 2.29 bits per heavy atom. The maximum atomic E-state index is 6.49. The zero-order valence-corrected chi connectivity index (χ0v) is 15.4. The Hall–Kier alpha value is -0.420. The number of hydrogen-bond donors (Lipinski definition) is 1. The van der Waals surface area contributed by atoms with Gasteiger partial charge >= 0.3 is 0 Å². The molecule has 2 atom stereocenters. The summed E-state index contributed by atoms with van der Waals surface area (Å²) in [5.41, 5.74) is 6.49. The number of nitrogens with zero attached hydrogens (tertiary/aromatic N) is 2. The van der Waals surface area contributed by atoms with Crippen LogP contribution >= 0.6 is 11.3 Å². The average Bonchev–Trinajstić information content (AvgIpc) is 2.81. The van der Waals surface area contributed by atoms with Crippen molar-refractivity contribution in [3.63, 3.8) is 0 Å². The van der Waals surface area contributed by atoms with Crippen LogP contribution in [-0.4, -0.2) is 49.6 Å². The molecule has 21 heavy (non-hydrogen) atoms. The minimum Gasteiger partial charge on any atom is -0.326 e. The van der Waals surface area contributed by atoms with Gasteiger partial charge in [-0.15, -0.1) is 11.3 Å². The third-order valence-corrected chi connectivity index (χ3v) is 4.83. The SMILES string of the molecule is CCC(N)C(c1ccc(C)s1)N(CCN(C)C)CC(C)C. The van der Waals surface area contributed by atoms with Gasteiger partial charge in [-0.2, -0.15) is 0 Å². The van der Waals surface area contributed by atoms with Gasteiger partial charge in [-0.3, -0.25) is 4.90 Å². The Bertz CT molecular complexity index is 400. The second kappa shape index (κ2) is 8.89. The molecule has 1 heterocycles. The number of aryl methyl sites for hydroxylation is 1. The van der Waals surface area contributed by atoms with Crippen molar-refractivity contribution in [1.29, 1.82) is 0 Å². The maximum Gasteiger partial charge on any atom is 0.0594 e. The molecule has 0 fully saturated rings. The number of rotatable bonds is 9. The Kier molecular flexibility index (Phi) is 7.88. The van der Waals surface area contributed by atoms with Crippen molar-refractivity contribution >= 4 is 11.3 Å². The molecular formula is C17H33N3S. The highest BCUT2D eigenvalue weighted by atomic mass is 32.1. The number of hydrogen-bond acceptors (Lipinski definition) is 4. The van der Waals surface area contributed by atoms with E-state index in [-0.39, 0.29) is 6.04 Å². The summed E-state index contributed by atoms with van der Waals surface area (Å²) >= 11 is 1.89. The first-order valence-corrected chi connectivity index (χ1v) is 8.87. The molecular weight excluding hydrogens is 278 g/mol. The van der Waals surface area contributed by atoms with Crippen LogP contribution in [0.1, 0.15) is 43.0 Å². The highest BCUT2D eigenvalue weighted by Crippen LogP contribution is 2.31. The van der Waals surface area contributed by atoms with E-state index in [9.17, 15) is 0 Å². The molecule has 0 aliphatic rings. The molecule has 0 saturated heterocycles. The number of thiophene rings is 1. The minimum atomic E-state index is 0.198. The molecule has 1 aromatic rings. The molecule has 0 aliphatic carbocycles. The lowest BCUT2D eigenvalue weighted by molar-refractivity contribution is 0.141. The van der Waals surface area contributed by atoms with Crippen LogP contribution in [0.25, 0.3) is 0 Å². The van der Waals surface area contributed by atoms with Gasteiger partial charge in [-0.25, -0.2) is 0 Å². The van der Waals surface area contributed by atoms with Gasteiger partial charge in [0.25, 0.3) is 0 Å². The van der Waals surface area contributed by atoms with Crippen LogP contribution in [0.2, 0.25) is 0 Å². The van der Waals surface area contributed by atoms with E-state index in [1.807, 2.05) is 11.3 Å². The Labute approximate surface area is 135 Å². The summed E-state index contributed by atoms with van der Waals surface area (Å²) in [6.45, 7) is 12.2.